The first-order valence-corrected chi connectivity index (χ1v) is 27.0. The number of amides is 1. The van der Waals surface area contributed by atoms with E-state index in [1.807, 2.05) is 27.2 Å². The second-order valence-corrected chi connectivity index (χ2v) is 20.0. The summed E-state index contributed by atoms with van der Waals surface area (Å²) in [6.45, 7) is 4.79. The summed E-state index contributed by atoms with van der Waals surface area (Å²) in [6.07, 6.45) is 56.2. The van der Waals surface area contributed by atoms with Crippen molar-refractivity contribution in [3.05, 3.63) is 48.6 Å². The third-order valence-electron chi connectivity index (χ3n) is 11.2. The topological polar surface area (TPSA) is 105 Å². The Labute approximate surface area is 378 Å². The van der Waals surface area contributed by atoms with Crippen LogP contribution in [0.2, 0.25) is 0 Å². The zero-order chi connectivity index (χ0) is 45.0. The molecular formula is C52H100N2O6P+. The SMILES string of the molecule is CCCCCCCCC/C=C/CC/C=C/CC/C=C/C(O)C(COP(=O)(O)OCC[N+](C)(C)C)NC(=O)CCCCCCCCC/C=C\CCCCCCCCCCCCC. The predicted molar refractivity (Wildman–Crippen MR) is 263 cm³/mol. The number of aliphatic hydroxyl groups is 1. The first-order chi connectivity index (χ1) is 29.5. The molecule has 0 aliphatic rings. The van der Waals surface area contributed by atoms with Gasteiger partial charge in [-0.05, 0) is 70.6 Å². The Morgan fingerprint density at radius 3 is 1.31 bits per heavy atom. The molecule has 0 spiro atoms. The highest BCUT2D eigenvalue weighted by Crippen LogP contribution is 2.43. The normalized spacial score (nSPS) is 14.5. The molecule has 0 aromatic heterocycles. The van der Waals surface area contributed by atoms with Crippen molar-refractivity contribution in [2.45, 2.75) is 238 Å². The maximum atomic E-state index is 12.9. The van der Waals surface area contributed by atoms with E-state index in [2.05, 4.69) is 55.6 Å². The standard InChI is InChI=1S/C52H99N2O6P/c1-6-8-10-12-14-16-18-20-22-24-25-26-27-28-30-32-34-36-38-40-42-44-46-52(56)53-50(49-60-61(57,58)59-48-47-54(3,4)5)51(55)45-43-41-39-37-35-33-31-29-23-21-19-17-15-13-11-9-7-2/h23,27-29,35,37,43,45,50-51,55H,6-22,24-26,30-34,36,38-42,44,46-49H2,1-5H3,(H-,53,56,57,58)/p+1/b28-27-,29-23+,37-35+,45-43+. The molecule has 0 bridgehead atoms. The van der Waals surface area contributed by atoms with Gasteiger partial charge in [-0.2, -0.15) is 0 Å². The molecule has 0 saturated heterocycles. The number of quaternary nitrogens is 1. The van der Waals surface area contributed by atoms with E-state index in [1.54, 1.807) is 6.08 Å². The molecule has 0 aliphatic heterocycles. The van der Waals surface area contributed by atoms with Crippen molar-refractivity contribution in [1.82, 2.24) is 5.32 Å². The number of hydrogen-bond donors (Lipinski definition) is 3. The molecule has 3 N–H and O–H groups in total. The van der Waals surface area contributed by atoms with Crippen LogP contribution in [0, 0.1) is 0 Å². The fourth-order valence-electron chi connectivity index (χ4n) is 7.19. The van der Waals surface area contributed by atoms with Gasteiger partial charge in [0.1, 0.15) is 13.2 Å². The molecule has 0 fully saturated rings. The molecule has 0 aromatic rings. The molecule has 0 radical (unpaired) electrons. The van der Waals surface area contributed by atoms with Crippen LogP contribution in [0.25, 0.3) is 0 Å². The van der Waals surface area contributed by atoms with Crippen LogP contribution in [-0.2, 0) is 18.4 Å². The van der Waals surface area contributed by atoms with Gasteiger partial charge in [0.25, 0.3) is 0 Å². The smallest absolute Gasteiger partial charge is 0.387 e. The number of allylic oxidation sites excluding steroid dienone is 7. The Hall–Kier alpha value is -1.54. The van der Waals surface area contributed by atoms with Crippen LogP contribution in [0.5, 0.6) is 0 Å². The molecule has 1 amide bonds. The van der Waals surface area contributed by atoms with Crippen LogP contribution in [0.4, 0.5) is 0 Å². The molecule has 0 aliphatic carbocycles. The van der Waals surface area contributed by atoms with Gasteiger partial charge in [-0.15, -0.1) is 0 Å². The quantitative estimate of drug-likeness (QED) is 0.0243. The lowest BCUT2D eigenvalue weighted by Gasteiger charge is -2.25. The largest absolute Gasteiger partial charge is 0.472 e. The van der Waals surface area contributed by atoms with E-state index in [1.165, 1.54) is 161 Å². The maximum Gasteiger partial charge on any atom is 0.472 e. The zero-order valence-electron chi connectivity index (χ0n) is 40.7. The van der Waals surface area contributed by atoms with Gasteiger partial charge >= 0.3 is 7.82 Å². The van der Waals surface area contributed by atoms with E-state index >= 15 is 0 Å². The minimum absolute atomic E-state index is 0.0520. The number of phosphoric acid groups is 1. The lowest BCUT2D eigenvalue weighted by atomic mass is 10.0. The summed E-state index contributed by atoms with van der Waals surface area (Å²) in [4.78, 5) is 23.2. The number of carbonyl (C=O) groups is 1. The Bertz CT molecular complexity index is 1130. The van der Waals surface area contributed by atoms with Crippen molar-refractivity contribution < 1.29 is 32.9 Å². The van der Waals surface area contributed by atoms with Crippen LogP contribution in [0.15, 0.2) is 48.6 Å². The van der Waals surface area contributed by atoms with Gasteiger partial charge in [-0.3, -0.25) is 13.8 Å². The molecule has 0 aromatic carbocycles. The van der Waals surface area contributed by atoms with Gasteiger partial charge in [-0.1, -0.05) is 197 Å². The molecule has 0 saturated carbocycles. The van der Waals surface area contributed by atoms with E-state index in [9.17, 15) is 19.4 Å². The van der Waals surface area contributed by atoms with Crippen molar-refractivity contribution in [3.8, 4) is 0 Å². The minimum atomic E-state index is -4.35. The average molecular weight is 880 g/mol. The summed E-state index contributed by atoms with van der Waals surface area (Å²) >= 11 is 0. The summed E-state index contributed by atoms with van der Waals surface area (Å²) in [7, 11) is 1.54. The number of rotatable bonds is 46. The van der Waals surface area contributed by atoms with Gasteiger partial charge in [0, 0.05) is 6.42 Å². The lowest BCUT2D eigenvalue weighted by Crippen LogP contribution is -2.45. The molecule has 0 heterocycles. The van der Waals surface area contributed by atoms with E-state index in [0.29, 0.717) is 17.4 Å². The van der Waals surface area contributed by atoms with Crippen LogP contribution in [0.1, 0.15) is 226 Å². The van der Waals surface area contributed by atoms with E-state index in [0.717, 1.165) is 44.9 Å². The highest BCUT2D eigenvalue weighted by molar-refractivity contribution is 7.47. The van der Waals surface area contributed by atoms with Crippen molar-refractivity contribution in [3.63, 3.8) is 0 Å². The Morgan fingerprint density at radius 2 is 0.902 bits per heavy atom. The fraction of sp³-hybridized carbons (Fsp3) is 0.827. The van der Waals surface area contributed by atoms with Gasteiger partial charge in [-0.25, -0.2) is 4.57 Å². The molecule has 358 valence electrons. The van der Waals surface area contributed by atoms with Crippen LogP contribution in [-0.4, -0.2) is 73.4 Å². The summed E-state index contributed by atoms with van der Waals surface area (Å²) in [5, 5.41) is 13.8. The highest BCUT2D eigenvalue weighted by Gasteiger charge is 2.27. The van der Waals surface area contributed by atoms with Crippen LogP contribution in [0.3, 0.4) is 0 Å². The second-order valence-electron chi connectivity index (χ2n) is 18.5. The lowest BCUT2D eigenvalue weighted by molar-refractivity contribution is -0.870. The molecule has 0 rings (SSSR count). The molecule has 9 heteroatoms. The van der Waals surface area contributed by atoms with Gasteiger partial charge in [0.15, 0.2) is 0 Å². The van der Waals surface area contributed by atoms with Crippen molar-refractivity contribution in [2.75, 3.05) is 40.9 Å². The number of likely N-dealkylation sites (N-methyl/N-ethyl adjacent to an activating group) is 1. The number of hydrogen-bond acceptors (Lipinski definition) is 5. The number of nitrogens with zero attached hydrogens (tertiary/aromatic N) is 1. The van der Waals surface area contributed by atoms with Gasteiger partial charge in [0.05, 0.1) is 39.9 Å². The van der Waals surface area contributed by atoms with Crippen LogP contribution < -0.4 is 5.32 Å². The monoisotopic (exact) mass is 880 g/mol. The Balaban J connectivity index is 4.37. The van der Waals surface area contributed by atoms with Crippen molar-refractivity contribution in [2.24, 2.45) is 0 Å². The van der Waals surface area contributed by atoms with Crippen molar-refractivity contribution >= 4 is 13.7 Å². The summed E-state index contributed by atoms with van der Waals surface area (Å²) < 4.78 is 23.6. The summed E-state index contributed by atoms with van der Waals surface area (Å²) in [6, 6.07) is -0.872. The molecular weight excluding hydrogens is 780 g/mol. The third-order valence-corrected chi connectivity index (χ3v) is 12.2. The Morgan fingerprint density at radius 1 is 0.541 bits per heavy atom. The van der Waals surface area contributed by atoms with E-state index in [-0.39, 0.29) is 19.1 Å². The van der Waals surface area contributed by atoms with E-state index in [4.69, 9.17) is 9.05 Å². The molecule has 3 unspecified atom stereocenters. The number of carbonyl (C=O) groups excluding carboxylic acids is 1. The first kappa shape index (κ1) is 59.5. The van der Waals surface area contributed by atoms with Crippen LogP contribution >= 0.6 is 7.82 Å². The maximum absolute atomic E-state index is 12.9. The highest BCUT2D eigenvalue weighted by atomic mass is 31.2. The fourth-order valence-corrected chi connectivity index (χ4v) is 7.92. The molecule has 3 atom stereocenters. The zero-order valence-corrected chi connectivity index (χ0v) is 41.5. The third kappa shape index (κ3) is 46.3. The second kappa shape index (κ2) is 43.7. The molecule has 61 heavy (non-hydrogen) atoms. The van der Waals surface area contributed by atoms with E-state index < -0.39 is 20.0 Å². The minimum Gasteiger partial charge on any atom is -0.387 e. The van der Waals surface area contributed by atoms with Crippen molar-refractivity contribution in [1.29, 1.82) is 0 Å². The number of phosphoric ester groups is 1. The van der Waals surface area contributed by atoms with Gasteiger partial charge < -0.3 is 19.8 Å². The summed E-state index contributed by atoms with van der Waals surface area (Å²) in [5.74, 6) is -0.195. The Kier molecular flexibility index (Phi) is 42.6. The number of nitrogens with one attached hydrogen (secondary N) is 1. The number of unbranched alkanes of at least 4 members (excludes halogenated alkanes) is 27. The predicted octanol–water partition coefficient (Wildman–Crippen LogP) is 14.8. The number of aliphatic hydroxyl groups excluding tert-OH is 1. The van der Waals surface area contributed by atoms with Gasteiger partial charge in [0.2, 0.25) is 5.91 Å². The summed E-state index contributed by atoms with van der Waals surface area (Å²) in [5.41, 5.74) is 0. The molecule has 8 nitrogen and oxygen atoms in total. The first-order valence-electron chi connectivity index (χ1n) is 25.5. The average Bonchev–Trinajstić information content (AvgIpc) is 3.21.